The normalized spacial score (nSPS) is 9.73. The molecule has 0 spiro atoms. The summed E-state index contributed by atoms with van der Waals surface area (Å²) < 4.78 is 4.34. The van der Waals surface area contributed by atoms with Crippen LogP contribution in [0.25, 0.3) is 0 Å². The van der Waals surface area contributed by atoms with Crippen LogP contribution >= 0.6 is 0 Å². The zero-order valence-corrected chi connectivity index (χ0v) is 8.14. The second-order valence-electron chi connectivity index (χ2n) is 2.95. The van der Waals surface area contributed by atoms with Crippen molar-refractivity contribution in [2.75, 3.05) is 14.1 Å². The summed E-state index contributed by atoms with van der Waals surface area (Å²) in [4.78, 5) is 25.5. The highest BCUT2D eigenvalue weighted by molar-refractivity contribution is 5.97. The van der Waals surface area contributed by atoms with Gasteiger partial charge in [-0.1, -0.05) is 0 Å². The van der Waals surface area contributed by atoms with E-state index in [2.05, 4.69) is 9.72 Å². The quantitative estimate of drug-likeness (QED) is 0.459. The molecule has 15 heavy (non-hydrogen) atoms. The molecule has 0 aliphatic heterocycles. The molecule has 0 saturated heterocycles. The van der Waals surface area contributed by atoms with Crippen molar-refractivity contribution in [1.82, 2.24) is 9.88 Å². The molecule has 1 heterocycles. The van der Waals surface area contributed by atoms with Gasteiger partial charge in [-0.15, -0.1) is 0 Å². The lowest BCUT2D eigenvalue weighted by atomic mass is 10.4. The third-order valence-corrected chi connectivity index (χ3v) is 1.58. The first-order chi connectivity index (χ1) is 6.93. The molecule has 0 fully saturated rings. The Bertz CT molecular complexity index is 396. The number of carbonyl (C=O) groups is 2. The van der Waals surface area contributed by atoms with Crippen LogP contribution in [0.2, 0.25) is 0 Å². The average molecular weight is 214 g/mol. The van der Waals surface area contributed by atoms with Gasteiger partial charge >= 0.3 is 12.1 Å². The lowest BCUT2D eigenvalue weighted by molar-refractivity contribution is 0.0564. The van der Waals surface area contributed by atoms with E-state index in [1.807, 2.05) is 0 Å². The van der Waals surface area contributed by atoms with Crippen LogP contribution in [0, 0.1) is 0 Å². The summed E-state index contributed by atoms with van der Waals surface area (Å²) in [6.07, 6.45) is 0.139. The topological polar surface area (TPSA) is 103 Å². The molecule has 0 atom stereocenters. The van der Waals surface area contributed by atoms with Gasteiger partial charge in [-0.05, 0) is 0 Å². The van der Waals surface area contributed by atoms with Gasteiger partial charge in [-0.25, -0.2) is 9.59 Å². The number of amides is 1. The molecular formula is C8H10N2O5. The number of H-pyrrole nitrogens is 1. The summed E-state index contributed by atoms with van der Waals surface area (Å²) >= 11 is 0. The standard InChI is InChI=1S/C8H10N2O5/c1-10(2)8(14)15-7(13)5-6(12)4(11)3-9-5/h3,9,11-12H,1-2H3. The molecule has 0 radical (unpaired) electrons. The number of hydrogen-bond acceptors (Lipinski definition) is 5. The fourth-order valence-electron chi connectivity index (χ4n) is 0.783. The molecule has 0 saturated carbocycles. The second kappa shape index (κ2) is 3.91. The van der Waals surface area contributed by atoms with E-state index in [0.717, 1.165) is 11.1 Å². The van der Waals surface area contributed by atoms with Crippen LogP contribution in [0.3, 0.4) is 0 Å². The van der Waals surface area contributed by atoms with Crippen molar-refractivity contribution >= 4 is 12.1 Å². The molecule has 82 valence electrons. The minimum atomic E-state index is -1.06. The van der Waals surface area contributed by atoms with E-state index >= 15 is 0 Å². The maximum absolute atomic E-state index is 11.2. The minimum absolute atomic E-state index is 0.372. The Labute approximate surface area is 84.9 Å². The molecule has 3 N–H and O–H groups in total. The van der Waals surface area contributed by atoms with Crippen molar-refractivity contribution in [3.05, 3.63) is 11.9 Å². The number of nitrogens with zero attached hydrogens (tertiary/aromatic N) is 1. The molecule has 0 aliphatic carbocycles. The monoisotopic (exact) mass is 214 g/mol. The maximum Gasteiger partial charge on any atom is 0.417 e. The molecule has 1 amide bonds. The summed E-state index contributed by atoms with van der Waals surface area (Å²) in [6, 6.07) is 0. The number of hydrogen-bond donors (Lipinski definition) is 3. The van der Waals surface area contributed by atoms with Gasteiger partial charge in [0, 0.05) is 20.3 Å². The van der Waals surface area contributed by atoms with Crippen LogP contribution in [0.15, 0.2) is 6.20 Å². The molecule has 0 aliphatic rings. The van der Waals surface area contributed by atoms with Crippen LogP contribution in [-0.2, 0) is 4.74 Å². The molecule has 0 bridgehead atoms. The molecule has 0 unspecified atom stereocenters. The Morgan fingerprint density at radius 2 is 2.00 bits per heavy atom. The number of aromatic nitrogens is 1. The first-order valence-corrected chi connectivity index (χ1v) is 3.96. The van der Waals surface area contributed by atoms with Crippen LogP contribution in [0.1, 0.15) is 10.5 Å². The maximum atomic E-state index is 11.2. The molecule has 7 nitrogen and oxygen atoms in total. The number of carbonyl (C=O) groups excluding carboxylic acids is 2. The summed E-state index contributed by atoms with van der Waals surface area (Å²) in [5.41, 5.74) is -0.372. The van der Waals surface area contributed by atoms with Crippen LogP contribution in [0.4, 0.5) is 4.79 Å². The van der Waals surface area contributed by atoms with Gasteiger partial charge in [0.05, 0.1) is 0 Å². The van der Waals surface area contributed by atoms with Crippen LogP contribution in [-0.4, -0.2) is 46.3 Å². The highest BCUT2D eigenvalue weighted by Gasteiger charge is 2.21. The highest BCUT2D eigenvalue weighted by Crippen LogP contribution is 2.28. The van der Waals surface area contributed by atoms with Crippen molar-refractivity contribution in [1.29, 1.82) is 0 Å². The van der Waals surface area contributed by atoms with Gasteiger partial charge in [0.1, 0.15) is 0 Å². The third kappa shape index (κ3) is 2.19. The Morgan fingerprint density at radius 3 is 2.40 bits per heavy atom. The van der Waals surface area contributed by atoms with Crippen molar-refractivity contribution < 1.29 is 24.5 Å². The SMILES string of the molecule is CN(C)C(=O)OC(=O)c1[nH]cc(O)c1O. The molecule has 1 aromatic rings. The predicted octanol–water partition coefficient (Wildman–Crippen LogP) is 0.264. The largest absolute Gasteiger partial charge is 0.503 e. The highest BCUT2D eigenvalue weighted by atomic mass is 16.6. The first-order valence-electron chi connectivity index (χ1n) is 3.96. The molecule has 7 heteroatoms. The molecule has 1 aromatic heterocycles. The van der Waals surface area contributed by atoms with Gasteiger partial charge in [0.15, 0.2) is 17.2 Å². The number of ether oxygens (including phenoxy) is 1. The fraction of sp³-hybridized carbons (Fsp3) is 0.250. The van der Waals surface area contributed by atoms with E-state index in [-0.39, 0.29) is 5.69 Å². The van der Waals surface area contributed by atoms with Crippen LogP contribution < -0.4 is 0 Å². The summed E-state index contributed by atoms with van der Waals surface area (Å²) in [5.74, 6) is -2.20. The molecule has 1 rings (SSSR count). The molecular weight excluding hydrogens is 204 g/mol. The van der Waals surface area contributed by atoms with Crippen molar-refractivity contribution in [2.45, 2.75) is 0 Å². The van der Waals surface area contributed by atoms with E-state index in [4.69, 9.17) is 10.2 Å². The van der Waals surface area contributed by atoms with Gasteiger partial charge in [-0.3, -0.25) is 0 Å². The Hall–Kier alpha value is -2.18. The number of nitrogens with one attached hydrogen (secondary N) is 1. The average Bonchev–Trinajstić information content (AvgIpc) is 2.47. The van der Waals surface area contributed by atoms with E-state index < -0.39 is 23.6 Å². The smallest absolute Gasteiger partial charge is 0.417 e. The zero-order valence-electron chi connectivity index (χ0n) is 8.14. The van der Waals surface area contributed by atoms with E-state index in [0.29, 0.717) is 0 Å². The lowest BCUT2D eigenvalue weighted by Gasteiger charge is -2.08. The number of rotatable bonds is 1. The first kappa shape index (κ1) is 10.9. The Morgan fingerprint density at radius 1 is 1.40 bits per heavy atom. The lowest BCUT2D eigenvalue weighted by Crippen LogP contribution is -2.25. The van der Waals surface area contributed by atoms with Crippen LogP contribution in [0.5, 0.6) is 11.5 Å². The molecule has 0 aromatic carbocycles. The fourth-order valence-corrected chi connectivity index (χ4v) is 0.783. The summed E-state index contributed by atoms with van der Waals surface area (Å²) in [5, 5.41) is 18.1. The van der Waals surface area contributed by atoms with Gasteiger partial charge in [0.2, 0.25) is 0 Å². The second-order valence-corrected chi connectivity index (χ2v) is 2.95. The van der Waals surface area contributed by atoms with E-state index in [1.165, 1.54) is 14.1 Å². The number of aromatic amines is 1. The number of aromatic hydroxyl groups is 2. The van der Waals surface area contributed by atoms with Gasteiger partial charge in [-0.2, -0.15) is 0 Å². The third-order valence-electron chi connectivity index (χ3n) is 1.58. The van der Waals surface area contributed by atoms with Crippen molar-refractivity contribution in [3.8, 4) is 11.5 Å². The van der Waals surface area contributed by atoms with Crippen molar-refractivity contribution in [3.63, 3.8) is 0 Å². The Kier molecular flexibility index (Phi) is 2.84. The van der Waals surface area contributed by atoms with E-state index in [1.54, 1.807) is 0 Å². The Balaban J connectivity index is 2.78. The minimum Gasteiger partial charge on any atom is -0.503 e. The predicted molar refractivity (Wildman–Crippen MR) is 48.6 cm³/mol. The van der Waals surface area contributed by atoms with Gasteiger partial charge in [0.25, 0.3) is 0 Å². The van der Waals surface area contributed by atoms with Gasteiger partial charge < -0.3 is 24.8 Å². The summed E-state index contributed by atoms with van der Waals surface area (Å²) in [6.45, 7) is 0. The summed E-state index contributed by atoms with van der Waals surface area (Å²) in [7, 11) is 2.81. The van der Waals surface area contributed by atoms with Crippen molar-refractivity contribution in [2.24, 2.45) is 0 Å². The van der Waals surface area contributed by atoms with E-state index in [9.17, 15) is 9.59 Å². The zero-order chi connectivity index (χ0) is 11.6. The number of esters is 1.